The number of aryl methyl sites for hydroxylation is 1. The topological polar surface area (TPSA) is 20.2 Å². The molecule has 0 heterocycles. The number of aliphatic hydroxyl groups is 1. The van der Waals surface area contributed by atoms with Crippen LogP contribution in [0.2, 0.25) is 0 Å². The molecule has 0 spiro atoms. The van der Waals surface area contributed by atoms with Crippen molar-refractivity contribution in [2.45, 2.75) is 13.0 Å². The standard InChI is InChI=1S/C10H9FO/c1-3-10(12)8-5-4-7(2)9(11)6-8/h1,4-6,10,12H,2H3/t10-/m1/s1. The highest BCUT2D eigenvalue weighted by molar-refractivity contribution is 5.28. The highest BCUT2D eigenvalue weighted by atomic mass is 19.1. The second kappa shape index (κ2) is 3.38. The van der Waals surface area contributed by atoms with Gasteiger partial charge in [0, 0.05) is 0 Å². The molecule has 0 saturated heterocycles. The van der Waals surface area contributed by atoms with Gasteiger partial charge in [-0.05, 0) is 24.1 Å². The van der Waals surface area contributed by atoms with Crippen LogP contribution in [0.4, 0.5) is 4.39 Å². The monoisotopic (exact) mass is 164 g/mol. The van der Waals surface area contributed by atoms with Crippen LogP contribution in [0.15, 0.2) is 18.2 Å². The van der Waals surface area contributed by atoms with E-state index in [4.69, 9.17) is 11.5 Å². The summed E-state index contributed by atoms with van der Waals surface area (Å²) < 4.78 is 12.9. The van der Waals surface area contributed by atoms with E-state index in [1.807, 2.05) is 0 Å². The van der Waals surface area contributed by atoms with Crippen LogP contribution in [0.1, 0.15) is 17.2 Å². The molecule has 1 N–H and O–H groups in total. The molecule has 1 nitrogen and oxygen atoms in total. The average molecular weight is 164 g/mol. The van der Waals surface area contributed by atoms with Crippen LogP contribution in [-0.2, 0) is 0 Å². The Morgan fingerprint density at radius 2 is 2.25 bits per heavy atom. The van der Waals surface area contributed by atoms with E-state index in [1.54, 1.807) is 19.1 Å². The Bertz CT molecular complexity index is 325. The fourth-order valence-electron chi connectivity index (χ4n) is 0.875. The zero-order valence-electron chi connectivity index (χ0n) is 6.71. The smallest absolute Gasteiger partial charge is 0.140 e. The van der Waals surface area contributed by atoms with Crippen LogP contribution < -0.4 is 0 Å². The molecule has 0 radical (unpaired) electrons. The molecule has 0 unspecified atom stereocenters. The molecule has 0 bridgehead atoms. The van der Waals surface area contributed by atoms with Gasteiger partial charge in [0.2, 0.25) is 0 Å². The van der Waals surface area contributed by atoms with Gasteiger partial charge in [-0.2, -0.15) is 0 Å². The number of hydrogen-bond acceptors (Lipinski definition) is 1. The Morgan fingerprint density at radius 1 is 1.58 bits per heavy atom. The van der Waals surface area contributed by atoms with Crippen molar-refractivity contribution in [1.29, 1.82) is 0 Å². The van der Waals surface area contributed by atoms with Crippen LogP contribution >= 0.6 is 0 Å². The molecule has 62 valence electrons. The molecule has 0 aliphatic heterocycles. The van der Waals surface area contributed by atoms with Gasteiger partial charge in [-0.1, -0.05) is 18.1 Å². The van der Waals surface area contributed by atoms with E-state index >= 15 is 0 Å². The van der Waals surface area contributed by atoms with Crippen molar-refractivity contribution in [3.63, 3.8) is 0 Å². The van der Waals surface area contributed by atoms with E-state index in [9.17, 15) is 4.39 Å². The number of benzene rings is 1. The van der Waals surface area contributed by atoms with E-state index in [0.29, 0.717) is 11.1 Å². The van der Waals surface area contributed by atoms with Gasteiger partial charge in [0.25, 0.3) is 0 Å². The van der Waals surface area contributed by atoms with Gasteiger partial charge in [0.1, 0.15) is 11.9 Å². The Hall–Kier alpha value is -1.33. The van der Waals surface area contributed by atoms with E-state index < -0.39 is 6.10 Å². The first-order valence-electron chi connectivity index (χ1n) is 3.55. The third-order valence-electron chi connectivity index (χ3n) is 1.67. The van der Waals surface area contributed by atoms with Crippen molar-refractivity contribution >= 4 is 0 Å². The van der Waals surface area contributed by atoms with Crippen molar-refractivity contribution in [2.24, 2.45) is 0 Å². The lowest BCUT2D eigenvalue weighted by Crippen LogP contribution is -1.94. The normalized spacial score (nSPS) is 12.2. The third kappa shape index (κ3) is 1.63. The van der Waals surface area contributed by atoms with Gasteiger partial charge in [0.05, 0.1) is 0 Å². The first-order valence-corrected chi connectivity index (χ1v) is 3.55. The Labute approximate surface area is 70.9 Å². The molecule has 0 aliphatic carbocycles. The summed E-state index contributed by atoms with van der Waals surface area (Å²) in [4.78, 5) is 0. The molecule has 2 heteroatoms. The fourth-order valence-corrected chi connectivity index (χ4v) is 0.875. The Kier molecular flexibility index (Phi) is 2.47. The van der Waals surface area contributed by atoms with Gasteiger partial charge < -0.3 is 5.11 Å². The molecule has 12 heavy (non-hydrogen) atoms. The van der Waals surface area contributed by atoms with Crippen LogP contribution in [0.3, 0.4) is 0 Å². The summed E-state index contributed by atoms with van der Waals surface area (Å²) in [6.45, 7) is 1.65. The van der Waals surface area contributed by atoms with Crippen LogP contribution in [0.5, 0.6) is 0 Å². The van der Waals surface area contributed by atoms with Gasteiger partial charge in [-0.15, -0.1) is 6.42 Å². The Balaban J connectivity index is 3.06. The summed E-state index contributed by atoms with van der Waals surface area (Å²) in [6.07, 6.45) is 3.96. The van der Waals surface area contributed by atoms with Gasteiger partial charge >= 0.3 is 0 Å². The summed E-state index contributed by atoms with van der Waals surface area (Å²) in [7, 11) is 0. The minimum Gasteiger partial charge on any atom is -0.376 e. The minimum atomic E-state index is -1.01. The summed E-state index contributed by atoms with van der Waals surface area (Å²) in [5, 5.41) is 9.14. The van der Waals surface area contributed by atoms with Crippen molar-refractivity contribution in [1.82, 2.24) is 0 Å². The average Bonchev–Trinajstić information content (AvgIpc) is 2.08. The molecule has 1 rings (SSSR count). The first kappa shape index (κ1) is 8.76. The van der Waals surface area contributed by atoms with Crippen LogP contribution in [0.25, 0.3) is 0 Å². The maximum Gasteiger partial charge on any atom is 0.140 e. The number of halogens is 1. The highest BCUT2D eigenvalue weighted by Crippen LogP contribution is 2.15. The van der Waals surface area contributed by atoms with Crippen molar-refractivity contribution in [3.05, 3.63) is 35.1 Å². The van der Waals surface area contributed by atoms with Crippen molar-refractivity contribution < 1.29 is 9.50 Å². The predicted octanol–water partition coefficient (Wildman–Crippen LogP) is 1.80. The second-order valence-corrected chi connectivity index (χ2v) is 2.58. The Morgan fingerprint density at radius 3 is 2.75 bits per heavy atom. The minimum absolute atomic E-state index is 0.346. The van der Waals surface area contributed by atoms with Crippen LogP contribution in [-0.4, -0.2) is 5.11 Å². The second-order valence-electron chi connectivity index (χ2n) is 2.58. The molecule has 1 aromatic carbocycles. The summed E-state index contributed by atoms with van der Waals surface area (Å²) >= 11 is 0. The molecule has 0 aliphatic rings. The predicted molar refractivity (Wildman–Crippen MR) is 44.9 cm³/mol. The third-order valence-corrected chi connectivity index (χ3v) is 1.67. The van der Waals surface area contributed by atoms with E-state index in [1.165, 1.54) is 6.07 Å². The molecule has 0 aromatic heterocycles. The van der Waals surface area contributed by atoms with Gasteiger partial charge in [-0.3, -0.25) is 0 Å². The zero-order valence-corrected chi connectivity index (χ0v) is 6.71. The molecule has 1 aromatic rings. The SMILES string of the molecule is C#C[C@@H](O)c1ccc(C)c(F)c1. The molecule has 0 amide bonds. The zero-order chi connectivity index (χ0) is 9.14. The summed E-state index contributed by atoms with van der Waals surface area (Å²) in [5.41, 5.74) is 0.962. The van der Waals surface area contributed by atoms with Gasteiger partial charge in [0.15, 0.2) is 0 Å². The number of terminal acetylenes is 1. The maximum atomic E-state index is 12.9. The highest BCUT2D eigenvalue weighted by Gasteiger charge is 2.05. The van der Waals surface area contributed by atoms with Gasteiger partial charge in [-0.25, -0.2) is 4.39 Å². The molecular formula is C10H9FO. The van der Waals surface area contributed by atoms with E-state index in [0.717, 1.165) is 0 Å². The maximum absolute atomic E-state index is 12.9. The van der Waals surface area contributed by atoms with E-state index in [-0.39, 0.29) is 5.82 Å². The number of hydrogen-bond donors (Lipinski definition) is 1. The number of aliphatic hydroxyl groups excluding tert-OH is 1. The molecule has 0 fully saturated rings. The van der Waals surface area contributed by atoms with E-state index in [2.05, 4.69) is 5.92 Å². The lowest BCUT2D eigenvalue weighted by atomic mass is 10.1. The molecule has 1 atom stereocenters. The first-order chi connectivity index (χ1) is 5.65. The molecule has 0 saturated carbocycles. The van der Waals surface area contributed by atoms with Crippen molar-refractivity contribution in [2.75, 3.05) is 0 Å². The lowest BCUT2D eigenvalue weighted by molar-refractivity contribution is 0.238. The summed E-state index contributed by atoms with van der Waals surface area (Å²) in [5.74, 6) is 1.77. The summed E-state index contributed by atoms with van der Waals surface area (Å²) in [6, 6.07) is 4.45. The fraction of sp³-hybridized carbons (Fsp3) is 0.200. The molecular weight excluding hydrogens is 155 g/mol. The van der Waals surface area contributed by atoms with Crippen molar-refractivity contribution in [3.8, 4) is 12.3 Å². The van der Waals surface area contributed by atoms with Crippen LogP contribution in [0, 0.1) is 25.1 Å². The number of rotatable bonds is 1. The quantitative estimate of drug-likeness (QED) is 0.627. The lowest BCUT2D eigenvalue weighted by Gasteiger charge is -2.04. The largest absolute Gasteiger partial charge is 0.376 e.